The Kier molecular flexibility index (Phi) is 4.90. The zero-order valence-electron chi connectivity index (χ0n) is 13.9. The minimum Gasteiger partial charge on any atom is -0.307 e. The molecular formula is C19H31N. The first-order valence-electron chi connectivity index (χ1n) is 8.21. The summed E-state index contributed by atoms with van der Waals surface area (Å²) in [6, 6.07) is 9.88. The van der Waals surface area contributed by atoms with Gasteiger partial charge in [-0.1, -0.05) is 57.9 Å². The average molecular weight is 273 g/mol. The second-order valence-corrected chi connectivity index (χ2v) is 7.61. The molecule has 1 N–H and O–H groups in total. The predicted octanol–water partition coefficient (Wildman–Crippen LogP) is 5.25. The van der Waals surface area contributed by atoms with Crippen molar-refractivity contribution < 1.29 is 0 Å². The highest BCUT2D eigenvalue weighted by Gasteiger charge is 2.34. The molecule has 2 rings (SSSR count). The first kappa shape index (κ1) is 15.6. The quantitative estimate of drug-likeness (QED) is 0.793. The van der Waals surface area contributed by atoms with E-state index in [2.05, 4.69) is 64.2 Å². The molecule has 1 aromatic rings. The van der Waals surface area contributed by atoms with Gasteiger partial charge in [-0.2, -0.15) is 0 Å². The largest absolute Gasteiger partial charge is 0.307 e. The summed E-state index contributed by atoms with van der Waals surface area (Å²) < 4.78 is 0. The van der Waals surface area contributed by atoms with Crippen LogP contribution in [0.5, 0.6) is 0 Å². The van der Waals surface area contributed by atoms with E-state index in [1.807, 2.05) is 0 Å². The Morgan fingerprint density at radius 3 is 2.40 bits per heavy atom. The van der Waals surface area contributed by atoms with E-state index in [4.69, 9.17) is 0 Å². The lowest BCUT2D eigenvalue weighted by Crippen LogP contribution is -2.45. The van der Waals surface area contributed by atoms with Gasteiger partial charge >= 0.3 is 0 Å². The first-order chi connectivity index (χ1) is 9.39. The Labute approximate surface area is 125 Å². The van der Waals surface area contributed by atoms with Gasteiger partial charge in [0.25, 0.3) is 0 Å². The van der Waals surface area contributed by atoms with Crippen LogP contribution in [0.1, 0.15) is 70.5 Å². The summed E-state index contributed by atoms with van der Waals surface area (Å²) in [6.45, 7) is 11.7. The summed E-state index contributed by atoms with van der Waals surface area (Å²) in [5.41, 5.74) is 3.25. The maximum absolute atomic E-state index is 3.93. The van der Waals surface area contributed by atoms with Crippen LogP contribution in [0, 0.1) is 18.3 Å². The van der Waals surface area contributed by atoms with Crippen LogP contribution in [0.25, 0.3) is 0 Å². The summed E-state index contributed by atoms with van der Waals surface area (Å²) in [5.74, 6) is 0.794. The first-order valence-corrected chi connectivity index (χ1v) is 8.21. The van der Waals surface area contributed by atoms with Crippen LogP contribution in [-0.4, -0.2) is 6.04 Å². The topological polar surface area (TPSA) is 12.0 Å². The minimum absolute atomic E-state index is 0.406. The van der Waals surface area contributed by atoms with Crippen molar-refractivity contribution in [3.05, 3.63) is 35.4 Å². The van der Waals surface area contributed by atoms with Crippen molar-refractivity contribution in [3.63, 3.8) is 0 Å². The van der Waals surface area contributed by atoms with Gasteiger partial charge in [0, 0.05) is 12.1 Å². The van der Waals surface area contributed by atoms with Crippen LogP contribution in [-0.2, 0) is 0 Å². The molecule has 1 nitrogen and oxygen atoms in total. The highest BCUT2D eigenvalue weighted by molar-refractivity contribution is 5.28. The SMILES string of the molecule is Cc1ccccc1C(C)NC1CCCCC1C(C)(C)C. The van der Waals surface area contributed by atoms with E-state index >= 15 is 0 Å². The molecule has 1 aliphatic rings. The molecule has 0 spiro atoms. The molecule has 20 heavy (non-hydrogen) atoms. The van der Waals surface area contributed by atoms with Gasteiger partial charge in [0.05, 0.1) is 0 Å². The fourth-order valence-electron chi connectivity index (χ4n) is 3.85. The number of rotatable bonds is 3. The molecule has 0 aliphatic heterocycles. The molecule has 3 atom stereocenters. The molecule has 0 aromatic heterocycles. The van der Waals surface area contributed by atoms with Gasteiger partial charge in [-0.15, -0.1) is 0 Å². The minimum atomic E-state index is 0.406. The van der Waals surface area contributed by atoms with Crippen LogP contribution in [0.3, 0.4) is 0 Å². The molecule has 3 unspecified atom stereocenters. The zero-order chi connectivity index (χ0) is 14.8. The van der Waals surface area contributed by atoms with Gasteiger partial charge in [0.2, 0.25) is 0 Å². The summed E-state index contributed by atoms with van der Waals surface area (Å²) in [7, 11) is 0. The second kappa shape index (κ2) is 6.30. The molecule has 1 fully saturated rings. The summed E-state index contributed by atoms with van der Waals surface area (Å²) in [5, 5.41) is 3.93. The third-order valence-corrected chi connectivity index (χ3v) is 5.00. The molecule has 1 heteroatoms. The molecule has 1 saturated carbocycles. The van der Waals surface area contributed by atoms with Crippen molar-refractivity contribution in [2.75, 3.05) is 0 Å². The lowest BCUT2D eigenvalue weighted by Gasteiger charge is -2.42. The van der Waals surface area contributed by atoms with E-state index in [0.29, 0.717) is 17.5 Å². The van der Waals surface area contributed by atoms with E-state index in [1.165, 1.54) is 36.8 Å². The molecule has 0 radical (unpaired) electrons. The standard InChI is InChI=1S/C19H31N/c1-14-10-6-7-11-16(14)15(2)20-18-13-9-8-12-17(18)19(3,4)5/h6-7,10-11,15,17-18,20H,8-9,12-13H2,1-5H3. The Balaban J connectivity index is 2.09. The summed E-state index contributed by atoms with van der Waals surface area (Å²) >= 11 is 0. The normalized spacial score (nSPS) is 25.4. The highest BCUT2D eigenvalue weighted by Crippen LogP contribution is 2.38. The molecule has 0 heterocycles. The van der Waals surface area contributed by atoms with Crippen molar-refractivity contribution in [1.82, 2.24) is 5.32 Å². The fourth-order valence-corrected chi connectivity index (χ4v) is 3.85. The van der Waals surface area contributed by atoms with E-state index in [-0.39, 0.29) is 0 Å². The maximum atomic E-state index is 3.93. The third kappa shape index (κ3) is 3.63. The lowest BCUT2D eigenvalue weighted by atomic mass is 9.69. The van der Waals surface area contributed by atoms with Crippen molar-refractivity contribution in [3.8, 4) is 0 Å². The highest BCUT2D eigenvalue weighted by atomic mass is 15.0. The van der Waals surface area contributed by atoms with Crippen LogP contribution in [0.2, 0.25) is 0 Å². The van der Waals surface area contributed by atoms with Crippen molar-refractivity contribution in [2.24, 2.45) is 11.3 Å². The molecule has 1 aliphatic carbocycles. The van der Waals surface area contributed by atoms with E-state index in [1.54, 1.807) is 0 Å². The van der Waals surface area contributed by atoms with Crippen molar-refractivity contribution >= 4 is 0 Å². The molecule has 1 aromatic carbocycles. The van der Waals surface area contributed by atoms with Crippen LogP contribution >= 0.6 is 0 Å². The lowest BCUT2D eigenvalue weighted by molar-refractivity contribution is 0.124. The van der Waals surface area contributed by atoms with Gasteiger partial charge in [-0.25, -0.2) is 0 Å². The van der Waals surface area contributed by atoms with Crippen LogP contribution < -0.4 is 5.32 Å². The number of hydrogen-bond donors (Lipinski definition) is 1. The Morgan fingerprint density at radius 2 is 1.75 bits per heavy atom. The van der Waals surface area contributed by atoms with Gasteiger partial charge in [0.1, 0.15) is 0 Å². The molecule has 0 amide bonds. The molecule has 112 valence electrons. The second-order valence-electron chi connectivity index (χ2n) is 7.61. The van der Waals surface area contributed by atoms with Gasteiger partial charge < -0.3 is 5.32 Å². The van der Waals surface area contributed by atoms with Crippen molar-refractivity contribution in [2.45, 2.75) is 72.4 Å². The van der Waals surface area contributed by atoms with Crippen LogP contribution in [0.4, 0.5) is 0 Å². The Morgan fingerprint density at radius 1 is 1.10 bits per heavy atom. The van der Waals surface area contributed by atoms with Crippen molar-refractivity contribution in [1.29, 1.82) is 0 Å². The number of nitrogens with one attached hydrogen (secondary N) is 1. The van der Waals surface area contributed by atoms with Gasteiger partial charge in [-0.05, 0) is 49.1 Å². The van der Waals surface area contributed by atoms with Crippen LogP contribution in [0.15, 0.2) is 24.3 Å². The van der Waals surface area contributed by atoms with Gasteiger partial charge in [0.15, 0.2) is 0 Å². The number of aryl methyl sites for hydroxylation is 1. The number of hydrogen-bond acceptors (Lipinski definition) is 1. The maximum Gasteiger partial charge on any atom is 0.0297 e. The fraction of sp³-hybridized carbons (Fsp3) is 0.684. The van der Waals surface area contributed by atoms with E-state index in [0.717, 1.165) is 5.92 Å². The van der Waals surface area contributed by atoms with E-state index < -0.39 is 0 Å². The molecule has 0 bridgehead atoms. The van der Waals surface area contributed by atoms with E-state index in [9.17, 15) is 0 Å². The zero-order valence-corrected chi connectivity index (χ0v) is 13.9. The third-order valence-electron chi connectivity index (χ3n) is 5.00. The molecule has 0 saturated heterocycles. The number of benzene rings is 1. The van der Waals surface area contributed by atoms with Gasteiger partial charge in [-0.3, -0.25) is 0 Å². The predicted molar refractivity (Wildman–Crippen MR) is 87.9 cm³/mol. The monoisotopic (exact) mass is 273 g/mol. The molecular weight excluding hydrogens is 242 g/mol. The average Bonchev–Trinajstić information content (AvgIpc) is 2.38. The summed E-state index contributed by atoms with van der Waals surface area (Å²) in [6.07, 6.45) is 5.49. The smallest absolute Gasteiger partial charge is 0.0297 e. The Bertz CT molecular complexity index is 430. The Hall–Kier alpha value is -0.820. The summed E-state index contributed by atoms with van der Waals surface area (Å²) in [4.78, 5) is 0.